The van der Waals surface area contributed by atoms with Gasteiger partial charge in [-0.3, -0.25) is 4.79 Å². The predicted octanol–water partition coefficient (Wildman–Crippen LogP) is 1.89. The smallest absolute Gasteiger partial charge is 0.257 e. The van der Waals surface area contributed by atoms with Gasteiger partial charge in [-0.1, -0.05) is 0 Å². The molecule has 0 radical (unpaired) electrons. The van der Waals surface area contributed by atoms with Crippen LogP contribution in [0.3, 0.4) is 0 Å². The number of rotatable bonds is 2. The maximum Gasteiger partial charge on any atom is 0.257 e. The third-order valence-corrected chi connectivity index (χ3v) is 5.13. The van der Waals surface area contributed by atoms with Crippen LogP contribution in [0.5, 0.6) is 0 Å². The van der Waals surface area contributed by atoms with Crippen molar-refractivity contribution in [2.45, 2.75) is 25.4 Å². The molecule has 25 heavy (non-hydrogen) atoms. The number of aromatic nitrogens is 2. The zero-order valence-corrected chi connectivity index (χ0v) is 14.4. The van der Waals surface area contributed by atoms with Crippen molar-refractivity contribution in [2.24, 2.45) is 0 Å². The Morgan fingerprint density at radius 2 is 1.96 bits per heavy atom. The normalized spacial score (nSPS) is 20.0. The maximum atomic E-state index is 12.6. The molecule has 0 aliphatic carbocycles. The summed E-state index contributed by atoms with van der Waals surface area (Å²) < 4.78 is 11.4. The Labute approximate surface area is 146 Å². The van der Waals surface area contributed by atoms with Crippen molar-refractivity contribution < 1.29 is 13.9 Å². The van der Waals surface area contributed by atoms with Crippen molar-refractivity contribution in [1.82, 2.24) is 14.9 Å². The molecule has 0 atom stereocenters. The number of morpholine rings is 1. The van der Waals surface area contributed by atoms with Gasteiger partial charge in [0.25, 0.3) is 5.91 Å². The zero-order valence-electron chi connectivity index (χ0n) is 14.4. The number of anilines is 1. The first-order valence-corrected chi connectivity index (χ1v) is 8.66. The summed E-state index contributed by atoms with van der Waals surface area (Å²) in [6.45, 7) is 5.42. The number of carbonyl (C=O) groups is 1. The number of furan rings is 1. The van der Waals surface area contributed by atoms with Crippen LogP contribution >= 0.6 is 0 Å². The van der Waals surface area contributed by atoms with Gasteiger partial charge in [-0.25, -0.2) is 9.97 Å². The molecule has 2 aromatic rings. The van der Waals surface area contributed by atoms with E-state index in [9.17, 15) is 4.79 Å². The van der Waals surface area contributed by atoms with E-state index < -0.39 is 0 Å². The molecule has 2 aromatic heterocycles. The molecule has 2 fully saturated rings. The molecule has 4 heterocycles. The molecular formula is C18H22N4O3. The van der Waals surface area contributed by atoms with Gasteiger partial charge in [0.2, 0.25) is 5.95 Å². The zero-order chi connectivity index (χ0) is 17.3. The summed E-state index contributed by atoms with van der Waals surface area (Å²) in [6.07, 6.45) is 6.73. The first-order chi connectivity index (χ1) is 12.2. The maximum absolute atomic E-state index is 12.6. The number of ether oxygens (including phenoxy) is 1. The Morgan fingerprint density at radius 1 is 1.20 bits per heavy atom. The molecule has 0 saturated carbocycles. The molecule has 1 spiro atoms. The fraction of sp³-hybridized carbons (Fsp3) is 0.500. The van der Waals surface area contributed by atoms with E-state index in [1.165, 1.54) is 0 Å². The summed E-state index contributed by atoms with van der Waals surface area (Å²) in [5, 5.41) is 0. The third-order valence-electron chi connectivity index (χ3n) is 5.13. The summed E-state index contributed by atoms with van der Waals surface area (Å²) in [4.78, 5) is 25.4. The Kier molecular flexibility index (Phi) is 4.17. The Bertz CT molecular complexity index is 738. The summed E-state index contributed by atoms with van der Waals surface area (Å²) in [5.74, 6) is 1.46. The van der Waals surface area contributed by atoms with Gasteiger partial charge in [-0.05, 0) is 31.9 Å². The van der Waals surface area contributed by atoms with Crippen LogP contribution in [0.2, 0.25) is 0 Å². The first-order valence-electron chi connectivity index (χ1n) is 8.66. The third kappa shape index (κ3) is 3.11. The second-order valence-corrected chi connectivity index (χ2v) is 6.68. The highest BCUT2D eigenvalue weighted by Crippen LogP contribution is 2.32. The lowest BCUT2D eigenvalue weighted by molar-refractivity contribution is -0.0872. The number of amides is 1. The summed E-state index contributed by atoms with van der Waals surface area (Å²) in [6, 6.07) is 3.56. The number of piperidine rings is 1. The fourth-order valence-electron chi connectivity index (χ4n) is 3.67. The molecule has 2 aliphatic rings. The van der Waals surface area contributed by atoms with Crippen molar-refractivity contribution in [3.8, 4) is 0 Å². The minimum Gasteiger partial charge on any atom is -0.469 e. The van der Waals surface area contributed by atoms with E-state index in [1.54, 1.807) is 24.7 Å². The quantitative estimate of drug-likeness (QED) is 0.830. The molecule has 2 saturated heterocycles. The van der Waals surface area contributed by atoms with Gasteiger partial charge >= 0.3 is 0 Å². The fourth-order valence-corrected chi connectivity index (χ4v) is 3.67. The molecule has 0 N–H and O–H groups in total. The standard InChI is InChI=1S/C18H22N4O3/c1-14-15(3-11-24-14)16(23)21-8-4-18(5-9-21)13-22(10-12-25-18)17-19-6-2-7-20-17/h2-3,6-7,11H,4-5,8-10,12-13H2,1H3. The lowest BCUT2D eigenvalue weighted by atomic mass is 9.89. The first kappa shape index (κ1) is 16.1. The minimum absolute atomic E-state index is 0.0418. The molecule has 4 rings (SSSR count). The van der Waals surface area contributed by atoms with Crippen molar-refractivity contribution in [2.75, 3.05) is 37.7 Å². The van der Waals surface area contributed by atoms with Gasteiger partial charge in [0.05, 0.1) is 30.6 Å². The van der Waals surface area contributed by atoms with Crippen LogP contribution in [0.4, 0.5) is 5.95 Å². The highest BCUT2D eigenvalue weighted by molar-refractivity contribution is 5.95. The van der Waals surface area contributed by atoms with E-state index in [0.29, 0.717) is 31.0 Å². The minimum atomic E-state index is -0.223. The van der Waals surface area contributed by atoms with Crippen LogP contribution < -0.4 is 4.90 Å². The summed E-state index contributed by atoms with van der Waals surface area (Å²) in [5.41, 5.74) is 0.430. The molecule has 1 amide bonds. The molecule has 2 aliphatic heterocycles. The number of hydrogen-bond donors (Lipinski definition) is 0. The molecule has 0 aromatic carbocycles. The van der Waals surface area contributed by atoms with E-state index in [4.69, 9.17) is 9.15 Å². The van der Waals surface area contributed by atoms with Gasteiger partial charge in [-0.2, -0.15) is 0 Å². The number of aryl methyl sites for hydroxylation is 1. The van der Waals surface area contributed by atoms with Crippen molar-refractivity contribution >= 4 is 11.9 Å². The van der Waals surface area contributed by atoms with Crippen LogP contribution in [0, 0.1) is 6.92 Å². The average Bonchev–Trinajstić information content (AvgIpc) is 3.09. The van der Waals surface area contributed by atoms with Gasteiger partial charge in [-0.15, -0.1) is 0 Å². The number of nitrogens with zero attached hydrogens (tertiary/aromatic N) is 4. The van der Waals surface area contributed by atoms with E-state index >= 15 is 0 Å². The van der Waals surface area contributed by atoms with E-state index in [-0.39, 0.29) is 11.5 Å². The van der Waals surface area contributed by atoms with Crippen LogP contribution in [0.25, 0.3) is 0 Å². The summed E-state index contributed by atoms with van der Waals surface area (Å²) in [7, 11) is 0. The topological polar surface area (TPSA) is 71.7 Å². The van der Waals surface area contributed by atoms with E-state index in [1.807, 2.05) is 17.9 Å². The molecule has 0 bridgehead atoms. The Hall–Kier alpha value is -2.41. The van der Waals surface area contributed by atoms with Crippen LogP contribution in [0.1, 0.15) is 29.0 Å². The van der Waals surface area contributed by atoms with Crippen LogP contribution in [0.15, 0.2) is 35.2 Å². The number of carbonyl (C=O) groups excluding carboxylic acids is 1. The molecule has 7 nitrogen and oxygen atoms in total. The molecular weight excluding hydrogens is 320 g/mol. The van der Waals surface area contributed by atoms with Gasteiger partial charge in [0.1, 0.15) is 5.76 Å². The van der Waals surface area contributed by atoms with Gasteiger partial charge in [0.15, 0.2) is 0 Å². The van der Waals surface area contributed by atoms with Crippen molar-refractivity contribution in [3.05, 3.63) is 42.1 Å². The molecule has 132 valence electrons. The largest absolute Gasteiger partial charge is 0.469 e. The highest BCUT2D eigenvalue weighted by Gasteiger charge is 2.41. The predicted molar refractivity (Wildman–Crippen MR) is 91.5 cm³/mol. The molecule has 7 heteroatoms. The Morgan fingerprint density at radius 3 is 2.64 bits per heavy atom. The summed E-state index contributed by atoms with van der Waals surface area (Å²) >= 11 is 0. The van der Waals surface area contributed by atoms with Gasteiger partial charge < -0.3 is 19.0 Å². The van der Waals surface area contributed by atoms with Crippen LogP contribution in [-0.4, -0.2) is 59.2 Å². The highest BCUT2D eigenvalue weighted by atomic mass is 16.5. The molecule has 0 unspecified atom stereocenters. The Balaban J connectivity index is 1.42. The van der Waals surface area contributed by atoms with Crippen molar-refractivity contribution in [3.63, 3.8) is 0 Å². The lowest BCUT2D eigenvalue weighted by Gasteiger charge is -2.47. The number of likely N-dealkylation sites (tertiary alicyclic amines) is 1. The number of hydrogen-bond acceptors (Lipinski definition) is 6. The van der Waals surface area contributed by atoms with E-state index in [0.717, 1.165) is 31.9 Å². The van der Waals surface area contributed by atoms with Crippen LogP contribution in [-0.2, 0) is 4.74 Å². The van der Waals surface area contributed by atoms with Gasteiger partial charge in [0, 0.05) is 32.0 Å². The SMILES string of the molecule is Cc1occc1C(=O)N1CCC2(CC1)CN(c1ncccn1)CCO2. The average molecular weight is 342 g/mol. The second kappa shape index (κ2) is 6.48. The lowest BCUT2D eigenvalue weighted by Crippen LogP contribution is -2.58. The van der Waals surface area contributed by atoms with Crippen molar-refractivity contribution in [1.29, 1.82) is 0 Å². The second-order valence-electron chi connectivity index (χ2n) is 6.68. The van der Waals surface area contributed by atoms with E-state index in [2.05, 4.69) is 14.9 Å². The monoisotopic (exact) mass is 342 g/mol.